The van der Waals surface area contributed by atoms with Crippen LogP contribution in [0.4, 0.5) is 17.2 Å². The SMILES string of the molecule is O=[N+]([O-])c1c(Nc2ccc3c(c2)OCCO3)ncnc1Oc1cccc2cccnc12. The molecule has 0 spiro atoms. The fourth-order valence-electron chi connectivity index (χ4n) is 3.21. The Bertz CT molecular complexity index is 1290. The fraction of sp³-hybridized carbons (Fsp3) is 0.0952. The van der Waals surface area contributed by atoms with Crippen LogP contribution in [0.25, 0.3) is 10.9 Å². The predicted molar refractivity (Wildman–Crippen MR) is 111 cm³/mol. The van der Waals surface area contributed by atoms with Crippen LogP contribution in [-0.2, 0) is 0 Å². The van der Waals surface area contributed by atoms with Gasteiger partial charge in [-0.3, -0.25) is 15.1 Å². The van der Waals surface area contributed by atoms with E-state index in [1.165, 1.54) is 6.33 Å². The number of para-hydroxylation sites is 1. The van der Waals surface area contributed by atoms with Gasteiger partial charge in [0.25, 0.3) is 0 Å². The fourth-order valence-corrected chi connectivity index (χ4v) is 3.21. The summed E-state index contributed by atoms with van der Waals surface area (Å²) in [7, 11) is 0. The molecular formula is C21H15N5O5. The molecule has 0 aliphatic carbocycles. The van der Waals surface area contributed by atoms with Crippen molar-refractivity contribution in [3.63, 3.8) is 0 Å². The first kappa shape index (κ1) is 18.6. The van der Waals surface area contributed by atoms with Gasteiger partial charge in [-0.05, 0) is 24.3 Å². The normalized spacial score (nSPS) is 12.4. The molecule has 0 radical (unpaired) electrons. The summed E-state index contributed by atoms with van der Waals surface area (Å²) in [6.45, 7) is 0.905. The van der Waals surface area contributed by atoms with Gasteiger partial charge in [0.1, 0.15) is 25.1 Å². The Labute approximate surface area is 175 Å². The van der Waals surface area contributed by atoms with Gasteiger partial charge in [0.15, 0.2) is 17.2 Å². The van der Waals surface area contributed by atoms with Crippen molar-refractivity contribution in [2.24, 2.45) is 0 Å². The minimum Gasteiger partial charge on any atom is -0.486 e. The summed E-state index contributed by atoms with van der Waals surface area (Å²) in [5.41, 5.74) is 0.716. The van der Waals surface area contributed by atoms with E-state index >= 15 is 0 Å². The topological polar surface area (TPSA) is 122 Å². The summed E-state index contributed by atoms with van der Waals surface area (Å²) < 4.78 is 16.9. The van der Waals surface area contributed by atoms with Crippen LogP contribution in [0.1, 0.15) is 0 Å². The number of benzene rings is 2. The molecule has 10 nitrogen and oxygen atoms in total. The Balaban J connectivity index is 1.51. The van der Waals surface area contributed by atoms with Crippen LogP contribution in [0.3, 0.4) is 0 Å². The lowest BCUT2D eigenvalue weighted by Crippen LogP contribution is -2.15. The van der Waals surface area contributed by atoms with E-state index in [-0.39, 0.29) is 11.7 Å². The van der Waals surface area contributed by atoms with E-state index in [0.717, 1.165) is 5.39 Å². The maximum atomic E-state index is 11.9. The van der Waals surface area contributed by atoms with Gasteiger partial charge in [-0.1, -0.05) is 18.2 Å². The molecular weight excluding hydrogens is 402 g/mol. The molecule has 2 aromatic carbocycles. The van der Waals surface area contributed by atoms with Crippen LogP contribution in [-0.4, -0.2) is 33.1 Å². The molecule has 4 aromatic rings. The van der Waals surface area contributed by atoms with Crippen molar-refractivity contribution in [1.29, 1.82) is 0 Å². The minimum absolute atomic E-state index is 0.0140. The molecule has 0 fully saturated rings. The smallest absolute Gasteiger partial charge is 0.373 e. The highest BCUT2D eigenvalue weighted by atomic mass is 16.6. The van der Waals surface area contributed by atoms with Gasteiger partial charge in [0, 0.05) is 23.3 Å². The molecule has 31 heavy (non-hydrogen) atoms. The molecule has 2 aromatic heterocycles. The number of nitrogens with one attached hydrogen (secondary N) is 1. The molecule has 1 N–H and O–H groups in total. The lowest BCUT2D eigenvalue weighted by atomic mass is 10.2. The van der Waals surface area contributed by atoms with Crippen LogP contribution in [0, 0.1) is 10.1 Å². The standard InChI is InChI=1S/C21H15N5O5/c27-26(28)19-20(25-14-6-7-15-17(11-14)30-10-9-29-15)23-12-24-21(19)31-16-5-1-3-13-4-2-8-22-18(13)16/h1-8,11-12H,9-10H2,(H,23,24,25). The van der Waals surface area contributed by atoms with E-state index in [2.05, 4.69) is 20.3 Å². The zero-order valence-corrected chi connectivity index (χ0v) is 16.0. The first-order valence-electron chi connectivity index (χ1n) is 9.37. The predicted octanol–water partition coefficient (Wildman–Crippen LogP) is 4.24. The van der Waals surface area contributed by atoms with E-state index in [1.54, 1.807) is 42.6 Å². The summed E-state index contributed by atoms with van der Waals surface area (Å²) in [5, 5.41) is 15.6. The number of pyridine rings is 1. The van der Waals surface area contributed by atoms with E-state index in [1.807, 2.05) is 12.1 Å². The van der Waals surface area contributed by atoms with Crippen LogP contribution in [0.5, 0.6) is 23.1 Å². The third-order valence-corrected chi connectivity index (χ3v) is 4.58. The van der Waals surface area contributed by atoms with Crippen LogP contribution in [0.2, 0.25) is 0 Å². The second-order valence-electron chi connectivity index (χ2n) is 6.55. The molecule has 0 atom stereocenters. The van der Waals surface area contributed by atoms with E-state index in [9.17, 15) is 10.1 Å². The Morgan fingerprint density at radius 2 is 1.84 bits per heavy atom. The molecule has 0 amide bonds. The minimum atomic E-state index is -0.589. The van der Waals surface area contributed by atoms with Crippen molar-refractivity contribution in [3.05, 3.63) is 71.2 Å². The molecule has 0 bridgehead atoms. The van der Waals surface area contributed by atoms with Gasteiger partial charge in [0.05, 0.1) is 4.92 Å². The average molecular weight is 417 g/mol. The van der Waals surface area contributed by atoms with Crippen LogP contribution < -0.4 is 19.5 Å². The number of aromatic nitrogens is 3. The second-order valence-corrected chi connectivity index (χ2v) is 6.55. The molecule has 3 heterocycles. The Morgan fingerprint density at radius 1 is 1.00 bits per heavy atom. The number of ether oxygens (including phenoxy) is 3. The highest BCUT2D eigenvalue weighted by molar-refractivity contribution is 5.84. The van der Waals surface area contributed by atoms with Crippen LogP contribution >= 0.6 is 0 Å². The maximum Gasteiger partial charge on any atom is 0.373 e. The third kappa shape index (κ3) is 3.62. The highest BCUT2D eigenvalue weighted by Crippen LogP contribution is 2.39. The van der Waals surface area contributed by atoms with Gasteiger partial charge >= 0.3 is 11.6 Å². The summed E-state index contributed by atoms with van der Waals surface area (Å²) in [5.74, 6) is 1.30. The van der Waals surface area contributed by atoms with Gasteiger partial charge in [0.2, 0.25) is 5.82 Å². The molecule has 5 rings (SSSR count). The molecule has 10 heteroatoms. The zero-order chi connectivity index (χ0) is 21.2. The van der Waals surface area contributed by atoms with E-state index < -0.39 is 10.6 Å². The molecule has 1 aliphatic heterocycles. The molecule has 0 saturated heterocycles. The Hall–Kier alpha value is -4.47. The highest BCUT2D eigenvalue weighted by Gasteiger charge is 2.26. The summed E-state index contributed by atoms with van der Waals surface area (Å²) >= 11 is 0. The van der Waals surface area contributed by atoms with Crippen molar-refractivity contribution in [2.75, 3.05) is 18.5 Å². The van der Waals surface area contributed by atoms with Crippen molar-refractivity contribution in [1.82, 2.24) is 15.0 Å². The maximum absolute atomic E-state index is 11.9. The number of rotatable bonds is 5. The number of fused-ring (bicyclic) bond motifs is 2. The average Bonchev–Trinajstić information content (AvgIpc) is 2.79. The number of nitro groups is 1. The van der Waals surface area contributed by atoms with E-state index in [0.29, 0.717) is 41.7 Å². The first-order chi connectivity index (χ1) is 15.2. The van der Waals surface area contributed by atoms with Crippen molar-refractivity contribution in [2.45, 2.75) is 0 Å². The third-order valence-electron chi connectivity index (χ3n) is 4.58. The summed E-state index contributed by atoms with van der Waals surface area (Å²) in [4.78, 5) is 23.6. The van der Waals surface area contributed by atoms with Crippen molar-refractivity contribution < 1.29 is 19.1 Å². The molecule has 0 saturated carbocycles. The Kier molecular flexibility index (Phi) is 4.64. The van der Waals surface area contributed by atoms with Crippen molar-refractivity contribution >= 4 is 28.1 Å². The molecule has 1 aliphatic rings. The number of anilines is 2. The largest absolute Gasteiger partial charge is 0.486 e. The quantitative estimate of drug-likeness (QED) is 0.375. The summed E-state index contributed by atoms with van der Waals surface area (Å²) in [6.07, 6.45) is 2.82. The number of hydrogen-bond acceptors (Lipinski definition) is 9. The summed E-state index contributed by atoms with van der Waals surface area (Å²) in [6, 6.07) is 14.1. The zero-order valence-electron chi connectivity index (χ0n) is 16.0. The first-order valence-corrected chi connectivity index (χ1v) is 9.37. The molecule has 154 valence electrons. The lowest BCUT2D eigenvalue weighted by molar-refractivity contribution is -0.385. The molecule has 0 unspecified atom stereocenters. The monoisotopic (exact) mass is 417 g/mol. The van der Waals surface area contributed by atoms with Crippen molar-refractivity contribution in [3.8, 4) is 23.1 Å². The van der Waals surface area contributed by atoms with E-state index in [4.69, 9.17) is 14.2 Å². The van der Waals surface area contributed by atoms with Gasteiger partial charge < -0.3 is 19.5 Å². The van der Waals surface area contributed by atoms with Gasteiger partial charge in [-0.15, -0.1) is 0 Å². The van der Waals surface area contributed by atoms with Gasteiger partial charge in [-0.25, -0.2) is 4.98 Å². The number of hydrogen-bond donors (Lipinski definition) is 1. The Morgan fingerprint density at radius 3 is 2.71 bits per heavy atom. The van der Waals surface area contributed by atoms with Crippen LogP contribution in [0.15, 0.2) is 61.1 Å². The van der Waals surface area contributed by atoms with Gasteiger partial charge in [-0.2, -0.15) is 4.98 Å². The number of nitrogens with zero attached hydrogens (tertiary/aromatic N) is 4. The second kappa shape index (κ2) is 7.75. The lowest BCUT2D eigenvalue weighted by Gasteiger charge is -2.19.